The van der Waals surface area contributed by atoms with Crippen molar-refractivity contribution < 1.29 is 13.9 Å². The van der Waals surface area contributed by atoms with Gasteiger partial charge in [0.2, 0.25) is 23.4 Å². The second-order valence-corrected chi connectivity index (χ2v) is 6.51. The summed E-state index contributed by atoms with van der Waals surface area (Å²) < 4.78 is 11.2. The van der Waals surface area contributed by atoms with Crippen molar-refractivity contribution in [3.05, 3.63) is 41.4 Å². The van der Waals surface area contributed by atoms with E-state index < -0.39 is 0 Å². The lowest BCUT2D eigenvalue weighted by atomic mass is 10.2. The summed E-state index contributed by atoms with van der Waals surface area (Å²) in [6, 6.07) is 9.73. The number of carbonyl (C=O) groups is 1. The van der Waals surface area contributed by atoms with Gasteiger partial charge < -0.3 is 19.0 Å². The van der Waals surface area contributed by atoms with E-state index in [1.807, 2.05) is 47.1 Å². The summed E-state index contributed by atoms with van der Waals surface area (Å²) in [7, 11) is 1.62. The van der Waals surface area contributed by atoms with Crippen molar-refractivity contribution in [2.45, 2.75) is 19.8 Å². The highest BCUT2D eigenvalue weighted by molar-refractivity contribution is 5.76. The molecule has 1 aliphatic heterocycles. The molecule has 28 heavy (non-hydrogen) atoms. The summed E-state index contributed by atoms with van der Waals surface area (Å²) in [5, 5.41) is 9.43. The van der Waals surface area contributed by atoms with Crippen LogP contribution in [-0.4, -0.2) is 49.1 Å². The van der Waals surface area contributed by atoms with Gasteiger partial charge in [0, 0.05) is 44.2 Å². The lowest BCUT2D eigenvalue weighted by Gasteiger charge is -2.34. The highest BCUT2D eigenvalue weighted by atomic mass is 16.5. The van der Waals surface area contributed by atoms with Gasteiger partial charge in [0.1, 0.15) is 11.8 Å². The van der Waals surface area contributed by atoms with Gasteiger partial charge in [-0.15, -0.1) is 0 Å². The number of nitriles is 1. The molecule has 1 fully saturated rings. The van der Waals surface area contributed by atoms with Crippen molar-refractivity contribution in [2.75, 3.05) is 38.2 Å². The van der Waals surface area contributed by atoms with E-state index in [1.54, 1.807) is 13.2 Å². The summed E-state index contributed by atoms with van der Waals surface area (Å²) in [5.74, 6) is 1.76. The first-order valence-electron chi connectivity index (χ1n) is 9.41. The molecule has 0 saturated carbocycles. The van der Waals surface area contributed by atoms with Crippen LogP contribution < -0.4 is 9.64 Å². The summed E-state index contributed by atoms with van der Waals surface area (Å²) in [4.78, 5) is 20.2. The number of nitrogens with zero attached hydrogens (tertiary/aromatic N) is 4. The van der Waals surface area contributed by atoms with Crippen molar-refractivity contribution in [2.24, 2.45) is 0 Å². The van der Waals surface area contributed by atoms with Gasteiger partial charge in [0.05, 0.1) is 7.11 Å². The van der Waals surface area contributed by atoms with Crippen LogP contribution in [0.25, 0.3) is 12.2 Å². The van der Waals surface area contributed by atoms with E-state index in [0.29, 0.717) is 44.4 Å². The quantitative estimate of drug-likeness (QED) is 0.765. The molecule has 0 aliphatic carbocycles. The third kappa shape index (κ3) is 4.34. The summed E-state index contributed by atoms with van der Waals surface area (Å²) in [6.07, 6.45) is 4.99. The fourth-order valence-corrected chi connectivity index (χ4v) is 3.18. The van der Waals surface area contributed by atoms with Gasteiger partial charge in [-0.05, 0) is 18.6 Å². The summed E-state index contributed by atoms with van der Waals surface area (Å²) in [6.45, 7) is 4.49. The molecule has 0 radical (unpaired) electrons. The zero-order chi connectivity index (χ0) is 19.9. The molecule has 7 nitrogen and oxygen atoms in total. The number of ether oxygens (including phenoxy) is 1. The van der Waals surface area contributed by atoms with Gasteiger partial charge in [-0.1, -0.05) is 25.1 Å². The van der Waals surface area contributed by atoms with Crippen LogP contribution in [0.5, 0.6) is 5.75 Å². The first-order chi connectivity index (χ1) is 13.7. The number of benzene rings is 1. The van der Waals surface area contributed by atoms with Crippen molar-refractivity contribution in [3.63, 3.8) is 0 Å². The fourth-order valence-electron chi connectivity index (χ4n) is 3.18. The molecule has 7 heteroatoms. The zero-order valence-corrected chi connectivity index (χ0v) is 16.2. The molecule has 1 aliphatic rings. The lowest BCUT2D eigenvalue weighted by molar-refractivity contribution is -0.131. The van der Waals surface area contributed by atoms with Gasteiger partial charge in [-0.2, -0.15) is 10.2 Å². The zero-order valence-electron chi connectivity index (χ0n) is 16.2. The molecule has 0 atom stereocenters. The van der Waals surface area contributed by atoms with E-state index in [1.165, 1.54) is 0 Å². The van der Waals surface area contributed by atoms with Crippen LogP contribution in [0.3, 0.4) is 0 Å². The van der Waals surface area contributed by atoms with E-state index in [9.17, 15) is 10.1 Å². The minimum Gasteiger partial charge on any atom is -0.496 e. The predicted octanol–water partition coefficient (Wildman–Crippen LogP) is 3.17. The number of carbonyl (C=O) groups excluding carboxylic acids is 1. The van der Waals surface area contributed by atoms with Crippen molar-refractivity contribution >= 4 is 23.9 Å². The van der Waals surface area contributed by atoms with Gasteiger partial charge in [0.15, 0.2) is 0 Å². The summed E-state index contributed by atoms with van der Waals surface area (Å²) in [5.41, 5.74) is 1.15. The van der Waals surface area contributed by atoms with Gasteiger partial charge >= 0.3 is 0 Å². The first-order valence-corrected chi connectivity index (χ1v) is 9.41. The number of rotatable bonds is 6. The first kappa shape index (κ1) is 19.5. The van der Waals surface area contributed by atoms with E-state index in [4.69, 9.17) is 9.15 Å². The number of hydrogen-bond acceptors (Lipinski definition) is 6. The normalized spacial score (nSPS) is 14.3. The van der Waals surface area contributed by atoms with Crippen LogP contribution in [0.2, 0.25) is 0 Å². The summed E-state index contributed by atoms with van der Waals surface area (Å²) >= 11 is 0. The van der Waals surface area contributed by atoms with Crippen LogP contribution in [0.4, 0.5) is 5.88 Å². The molecule has 0 spiro atoms. The van der Waals surface area contributed by atoms with E-state index in [2.05, 4.69) is 11.1 Å². The Hall–Kier alpha value is -3.27. The maximum atomic E-state index is 12.0. The van der Waals surface area contributed by atoms with Gasteiger partial charge in [-0.25, -0.2) is 0 Å². The maximum Gasteiger partial charge on any atom is 0.235 e. The Balaban J connectivity index is 1.72. The Bertz CT molecular complexity index is 889. The second kappa shape index (κ2) is 9.09. The van der Waals surface area contributed by atoms with Crippen molar-refractivity contribution in [3.8, 4) is 11.8 Å². The third-order valence-corrected chi connectivity index (χ3v) is 4.66. The molecule has 3 rings (SSSR count). The molecule has 0 bridgehead atoms. The minimum atomic E-state index is 0.181. The molecule has 1 saturated heterocycles. The molecule has 146 valence electrons. The molecule has 1 aromatic heterocycles. The number of anilines is 1. The predicted molar refractivity (Wildman–Crippen MR) is 107 cm³/mol. The lowest BCUT2D eigenvalue weighted by Crippen LogP contribution is -2.48. The van der Waals surface area contributed by atoms with Crippen LogP contribution in [0.15, 0.2) is 28.7 Å². The van der Waals surface area contributed by atoms with E-state index in [-0.39, 0.29) is 11.6 Å². The monoisotopic (exact) mass is 380 g/mol. The van der Waals surface area contributed by atoms with Crippen molar-refractivity contribution in [1.29, 1.82) is 5.26 Å². The second-order valence-electron chi connectivity index (χ2n) is 6.51. The number of oxazole rings is 1. The molecular weight excluding hydrogens is 356 g/mol. The Morgan fingerprint density at radius 3 is 2.71 bits per heavy atom. The number of piperazine rings is 1. The molecule has 2 heterocycles. The molecule has 0 unspecified atom stereocenters. The third-order valence-electron chi connectivity index (χ3n) is 4.66. The Kier molecular flexibility index (Phi) is 6.33. The maximum absolute atomic E-state index is 12.0. The van der Waals surface area contributed by atoms with Crippen LogP contribution in [0.1, 0.15) is 36.9 Å². The highest BCUT2D eigenvalue weighted by Gasteiger charge is 2.25. The Morgan fingerprint density at radius 2 is 2.04 bits per heavy atom. The number of amides is 1. The largest absolute Gasteiger partial charge is 0.496 e. The fraction of sp³-hybridized carbons (Fsp3) is 0.381. The highest BCUT2D eigenvalue weighted by Crippen LogP contribution is 2.25. The Morgan fingerprint density at radius 1 is 1.29 bits per heavy atom. The molecule has 2 aromatic rings. The minimum absolute atomic E-state index is 0.181. The molecule has 0 N–H and O–H groups in total. The number of para-hydroxylation sites is 1. The number of methoxy groups -OCH3 is 1. The van der Waals surface area contributed by atoms with E-state index >= 15 is 0 Å². The number of hydrogen-bond donors (Lipinski definition) is 0. The van der Waals surface area contributed by atoms with Crippen LogP contribution >= 0.6 is 0 Å². The topological polar surface area (TPSA) is 82.6 Å². The van der Waals surface area contributed by atoms with Crippen LogP contribution in [0, 0.1) is 11.3 Å². The van der Waals surface area contributed by atoms with Gasteiger partial charge in [-0.3, -0.25) is 4.79 Å². The van der Waals surface area contributed by atoms with Crippen molar-refractivity contribution in [1.82, 2.24) is 9.88 Å². The van der Waals surface area contributed by atoms with Crippen LogP contribution in [-0.2, 0) is 4.79 Å². The average Bonchev–Trinajstić information content (AvgIpc) is 3.16. The smallest absolute Gasteiger partial charge is 0.235 e. The Labute approximate surface area is 164 Å². The standard InChI is InChI=1S/C21H24N4O3/c1-3-6-20(26)24-11-13-25(14-12-24)21-17(15-22)23-19(28-21)10-9-16-7-4-5-8-18(16)27-2/h4-5,7-10H,3,6,11-14H2,1-2H3/b10-9+. The molecule has 1 amide bonds. The van der Waals surface area contributed by atoms with E-state index in [0.717, 1.165) is 17.7 Å². The average molecular weight is 380 g/mol. The molecular formula is C21H24N4O3. The SMILES string of the molecule is CCCC(=O)N1CCN(c2oc(/C=C/c3ccccc3OC)nc2C#N)CC1. The number of aromatic nitrogens is 1. The molecule has 1 aromatic carbocycles. The van der Waals surface area contributed by atoms with Gasteiger partial charge in [0.25, 0.3) is 0 Å².